The second-order valence-electron chi connectivity index (χ2n) is 10.7. The third-order valence-corrected chi connectivity index (χ3v) is 6.84. The van der Waals surface area contributed by atoms with Crippen molar-refractivity contribution in [1.82, 2.24) is 34.6 Å². The van der Waals surface area contributed by atoms with Crippen LogP contribution >= 0.6 is 0 Å². The van der Waals surface area contributed by atoms with Crippen molar-refractivity contribution in [2.24, 2.45) is 5.92 Å². The molecule has 4 rings (SSSR count). The molecule has 0 saturated heterocycles. The van der Waals surface area contributed by atoms with Crippen molar-refractivity contribution in [2.45, 2.75) is 52.7 Å². The van der Waals surface area contributed by atoms with Crippen LogP contribution in [0.4, 0.5) is 0 Å². The van der Waals surface area contributed by atoms with E-state index in [9.17, 15) is 24.0 Å². The molecule has 1 aromatic carbocycles. The number of H-pyrrole nitrogens is 1. The van der Waals surface area contributed by atoms with Crippen LogP contribution in [0.1, 0.15) is 32.3 Å². The summed E-state index contributed by atoms with van der Waals surface area (Å²) < 4.78 is 8.99. The molecule has 3 N–H and O–H groups in total. The summed E-state index contributed by atoms with van der Waals surface area (Å²) in [6.07, 6.45) is 5.66. The number of carbonyl (C=O) groups is 3. The van der Waals surface area contributed by atoms with E-state index in [1.54, 1.807) is 6.20 Å². The molecule has 224 valence electrons. The molecule has 42 heavy (non-hydrogen) atoms. The van der Waals surface area contributed by atoms with Crippen LogP contribution in [-0.4, -0.2) is 74.0 Å². The van der Waals surface area contributed by atoms with E-state index in [1.807, 2.05) is 48.9 Å². The smallest absolute Gasteiger partial charge is 0.328 e. The molecule has 0 unspecified atom stereocenters. The monoisotopic (exact) mass is 579 g/mol. The number of imidazole rings is 1. The number of hydrogen-bond donors (Lipinski definition) is 3. The van der Waals surface area contributed by atoms with Crippen molar-refractivity contribution < 1.29 is 19.1 Å². The van der Waals surface area contributed by atoms with Crippen LogP contribution in [0, 0.1) is 12.8 Å². The summed E-state index contributed by atoms with van der Waals surface area (Å²) in [5.41, 5.74) is -0.115. The number of aryl methyl sites for hydroxylation is 1. The zero-order valence-electron chi connectivity index (χ0n) is 24.1. The first-order valence-electron chi connectivity index (χ1n) is 14.0. The van der Waals surface area contributed by atoms with E-state index < -0.39 is 29.1 Å². The third kappa shape index (κ3) is 7.95. The molecule has 1 aliphatic heterocycles. The van der Waals surface area contributed by atoms with Gasteiger partial charge in [0.05, 0.1) is 13.2 Å². The molecule has 2 aromatic heterocycles. The molecule has 3 aromatic rings. The Bertz CT molecular complexity index is 1540. The van der Waals surface area contributed by atoms with Crippen LogP contribution in [0.5, 0.6) is 5.75 Å². The second-order valence-corrected chi connectivity index (χ2v) is 10.7. The van der Waals surface area contributed by atoms with Crippen LogP contribution in [-0.2, 0) is 27.5 Å². The van der Waals surface area contributed by atoms with E-state index in [-0.39, 0.29) is 43.6 Å². The molecule has 13 heteroatoms. The maximum atomic E-state index is 13.3. The number of aromatic amines is 1. The van der Waals surface area contributed by atoms with Gasteiger partial charge in [0.15, 0.2) is 0 Å². The molecule has 0 fully saturated rings. The highest BCUT2D eigenvalue weighted by atomic mass is 16.5. The summed E-state index contributed by atoms with van der Waals surface area (Å²) in [5, 5.41) is 5.70. The van der Waals surface area contributed by atoms with Gasteiger partial charge < -0.3 is 24.8 Å². The fourth-order valence-corrected chi connectivity index (χ4v) is 4.73. The number of aromatic nitrogens is 4. The minimum absolute atomic E-state index is 0.122. The Kier molecular flexibility index (Phi) is 9.94. The van der Waals surface area contributed by atoms with Crippen molar-refractivity contribution in [3.05, 3.63) is 69.3 Å². The fraction of sp³-hybridized carbons (Fsp3) is 0.448. The van der Waals surface area contributed by atoms with E-state index in [2.05, 4.69) is 20.6 Å². The quantitative estimate of drug-likeness (QED) is 0.409. The topological polar surface area (TPSA) is 160 Å². The zero-order chi connectivity index (χ0) is 30.2. The van der Waals surface area contributed by atoms with E-state index >= 15 is 0 Å². The minimum Gasteiger partial charge on any atom is -0.494 e. The van der Waals surface area contributed by atoms with Crippen LogP contribution in [0.25, 0.3) is 11.4 Å². The number of rotatable bonds is 4. The Balaban J connectivity index is 1.58. The second kappa shape index (κ2) is 13.8. The Labute approximate surface area is 242 Å². The van der Waals surface area contributed by atoms with Gasteiger partial charge in [-0.15, -0.1) is 0 Å². The molecule has 2 bridgehead atoms. The van der Waals surface area contributed by atoms with Gasteiger partial charge in [-0.25, -0.2) is 9.78 Å². The van der Waals surface area contributed by atoms with Crippen LogP contribution in [0.2, 0.25) is 0 Å². The standard InChI is InChI=1S/C29H37N7O6/c1-19(2)14-23-28(40)31-9-12-34-11-8-30-26(34)21-6-4-7-22(15-21)42-13-5-10-35(17-24(37)32-23)25(38)18-36-16-20(3)27(39)33-29(36)41/h4,6-8,11,15-16,19,23H,5,9-10,12-14,17-18H2,1-3H3,(H,31,40)(H,32,37)(H,33,39,41)/t23-/m1/s1. The fourth-order valence-electron chi connectivity index (χ4n) is 4.73. The Morgan fingerprint density at radius 2 is 1.98 bits per heavy atom. The molecular formula is C29H37N7O6. The predicted octanol–water partition coefficient (Wildman–Crippen LogP) is 0.667. The summed E-state index contributed by atoms with van der Waals surface area (Å²) in [6.45, 7) is 5.98. The van der Waals surface area contributed by atoms with Gasteiger partial charge >= 0.3 is 5.69 Å². The molecule has 3 amide bonds. The molecular weight excluding hydrogens is 542 g/mol. The largest absolute Gasteiger partial charge is 0.494 e. The predicted molar refractivity (Wildman–Crippen MR) is 155 cm³/mol. The van der Waals surface area contributed by atoms with Gasteiger partial charge in [-0.3, -0.25) is 28.7 Å². The SMILES string of the molecule is Cc1cn(CC(=O)N2CCCOc3cccc(c3)-c3nccn3CCNC(=O)[C@@H](CC(C)C)NC(=O)C2)c(=O)[nH]c1=O. The van der Waals surface area contributed by atoms with Gasteiger partial charge in [-0.1, -0.05) is 26.0 Å². The minimum atomic E-state index is -0.792. The first kappa shape index (κ1) is 30.3. The number of carbonyl (C=O) groups excluding carboxylic acids is 3. The number of nitrogens with one attached hydrogen (secondary N) is 3. The normalized spacial score (nSPS) is 17.0. The maximum Gasteiger partial charge on any atom is 0.328 e. The van der Waals surface area contributed by atoms with Gasteiger partial charge in [-0.05, 0) is 37.8 Å². The van der Waals surface area contributed by atoms with Crippen LogP contribution < -0.4 is 26.6 Å². The highest BCUT2D eigenvalue weighted by molar-refractivity contribution is 5.90. The number of benzene rings is 1. The summed E-state index contributed by atoms with van der Waals surface area (Å²) in [7, 11) is 0. The third-order valence-electron chi connectivity index (χ3n) is 6.84. The number of ether oxygens (including phenoxy) is 1. The Morgan fingerprint density at radius 3 is 2.76 bits per heavy atom. The van der Waals surface area contributed by atoms with Crippen molar-refractivity contribution in [3.8, 4) is 17.1 Å². The highest BCUT2D eigenvalue weighted by Crippen LogP contribution is 2.23. The molecule has 0 saturated carbocycles. The number of nitrogens with zero attached hydrogens (tertiary/aromatic N) is 4. The molecule has 0 aliphatic carbocycles. The van der Waals surface area contributed by atoms with E-state index in [4.69, 9.17) is 4.74 Å². The van der Waals surface area contributed by atoms with Crippen molar-refractivity contribution in [3.63, 3.8) is 0 Å². The first-order chi connectivity index (χ1) is 20.1. The summed E-state index contributed by atoms with van der Waals surface area (Å²) in [5.74, 6) is 0.166. The van der Waals surface area contributed by atoms with Crippen molar-refractivity contribution >= 4 is 17.7 Å². The lowest BCUT2D eigenvalue weighted by Crippen LogP contribution is -2.51. The molecule has 1 atom stereocenters. The van der Waals surface area contributed by atoms with E-state index in [1.165, 1.54) is 18.0 Å². The lowest BCUT2D eigenvalue weighted by molar-refractivity contribution is -0.137. The van der Waals surface area contributed by atoms with E-state index in [0.29, 0.717) is 31.7 Å². The van der Waals surface area contributed by atoms with Gasteiger partial charge in [0.1, 0.15) is 24.2 Å². The lowest BCUT2D eigenvalue weighted by Gasteiger charge is -2.25. The highest BCUT2D eigenvalue weighted by Gasteiger charge is 2.25. The average Bonchev–Trinajstić information content (AvgIpc) is 3.41. The average molecular weight is 580 g/mol. The Hall–Kier alpha value is -4.68. The summed E-state index contributed by atoms with van der Waals surface area (Å²) in [6, 6.07) is 6.70. The van der Waals surface area contributed by atoms with Gasteiger partial charge in [-0.2, -0.15) is 0 Å². The molecule has 3 heterocycles. The molecule has 13 nitrogen and oxygen atoms in total. The zero-order valence-corrected chi connectivity index (χ0v) is 24.1. The van der Waals surface area contributed by atoms with Crippen LogP contribution in [0.15, 0.2) is 52.4 Å². The van der Waals surface area contributed by atoms with Gasteiger partial charge in [0.2, 0.25) is 17.7 Å². The molecule has 0 spiro atoms. The van der Waals surface area contributed by atoms with Crippen LogP contribution in [0.3, 0.4) is 0 Å². The summed E-state index contributed by atoms with van der Waals surface area (Å²) >= 11 is 0. The number of fused-ring (bicyclic) bond motifs is 4. The molecule has 1 aliphatic rings. The van der Waals surface area contributed by atoms with Gasteiger partial charge in [0, 0.05) is 49.4 Å². The van der Waals surface area contributed by atoms with Gasteiger partial charge in [0.25, 0.3) is 5.56 Å². The van der Waals surface area contributed by atoms with E-state index in [0.717, 1.165) is 16.0 Å². The van der Waals surface area contributed by atoms with Crippen molar-refractivity contribution in [1.29, 1.82) is 0 Å². The number of amides is 3. The summed E-state index contributed by atoms with van der Waals surface area (Å²) in [4.78, 5) is 71.6. The number of hydrogen-bond acceptors (Lipinski definition) is 7. The van der Waals surface area contributed by atoms with Crippen molar-refractivity contribution in [2.75, 3.05) is 26.2 Å². The first-order valence-corrected chi connectivity index (χ1v) is 14.0. The lowest BCUT2D eigenvalue weighted by atomic mass is 10.0. The maximum absolute atomic E-state index is 13.3. The Morgan fingerprint density at radius 1 is 1.17 bits per heavy atom. The molecule has 0 radical (unpaired) electrons.